The highest BCUT2D eigenvalue weighted by molar-refractivity contribution is 5.86. The first-order valence-electron chi connectivity index (χ1n) is 12.5. The zero-order valence-electron chi connectivity index (χ0n) is 22.0. The highest BCUT2D eigenvalue weighted by Crippen LogP contribution is 2.22. The van der Waals surface area contributed by atoms with Gasteiger partial charge >= 0.3 is 12.1 Å². The first-order valence-corrected chi connectivity index (χ1v) is 12.5. The lowest BCUT2D eigenvalue weighted by atomic mass is 9.86. The molecule has 0 bridgehead atoms. The van der Waals surface area contributed by atoms with Crippen LogP contribution in [0.3, 0.4) is 0 Å². The van der Waals surface area contributed by atoms with Gasteiger partial charge in [-0.1, -0.05) is 63.3 Å². The van der Waals surface area contributed by atoms with Crippen molar-refractivity contribution in [3.63, 3.8) is 0 Å². The van der Waals surface area contributed by atoms with E-state index in [-0.39, 0.29) is 50.9 Å². The first-order chi connectivity index (χ1) is 17.5. The van der Waals surface area contributed by atoms with Crippen molar-refractivity contribution in [1.82, 2.24) is 16.0 Å². The smallest absolute Gasteiger partial charge is 0.408 e. The maximum absolute atomic E-state index is 13.1. The average molecular weight is 518 g/mol. The molecule has 2 rings (SSSR count). The number of carbonyl (C=O) groups excluding carboxylic acids is 4. The predicted molar refractivity (Wildman–Crippen MR) is 137 cm³/mol. The third-order valence-electron chi connectivity index (χ3n) is 5.99. The van der Waals surface area contributed by atoms with Gasteiger partial charge in [0.05, 0.1) is 18.6 Å². The van der Waals surface area contributed by atoms with Crippen LogP contribution in [0.15, 0.2) is 42.5 Å². The summed E-state index contributed by atoms with van der Waals surface area (Å²) < 4.78 is 10.7. The summed E-state index contributed by atoms with van der Waals surface area (Å²) in [6, 6.07) is 7.23. The normalized spacial score (nSPS) is 21.9. The van der Waals surface area contributed by atoms with Crippen LogP contribution in [0.4, 0.5) is 4.79 Å². The van der Waals surface area contributed by atoms with Crippen molar-refractivity contribution in [3.8, 4) is 0 Å². The molecule has 1 aromatic rings. The van der Waals surface area contributed by atoms with Gasteiger partial charge in [0.25, 0.3) is 0 Å². The largest absolute Gasteiger partial charge is 0.462 e. The van der Waals surface area contributed by atoms with E-state index < -0.39 is 41.5 Å². The Morgan fingerprint density at radius 2 is 1.84 bits per heavy atom. The number of esters is 1. The fraction of sp³-hybridized carbons (Fsp3) is 0.556. The molecule has 0 radical (unpaired) electrons. The molecule has 1 aliphatic rings. The van der Waals surface area contributed by atoms with E-state index in [0.29, 0.717) is 0 Å². The molecule has 0 spiro atoms. The minimum Gasteiger partial charge on any atom is -0.462 e. The molecule has 204 valence electrons. The Bertz CT molecular complexity index is 943. The van der Waals surface area contributed by atoms with Crippen molar-refractivity contribution in [2.75, 3.05) is 13.2 Å². The van der Waals surface area contributed by atoms with Crippen LogP contribution < -0.4 is 16.0 Å². The Labute approximate surface area is 218 Å². The lowest BCUT2D eigenvalue weighted by molar-refractivity contribution is -0.148. The number of amides is 3. The number of hydrogen-bond acceptors (Lipinski definition) is 7. The molecule has 0 aromatic heterocycles. The van der Waals surface area contributed by atoms with Gasteiger partial charge < -0.3 is 30.5 Å². The Balaban J connectivity index is 2.13. The lowest BCUT2D eigenvalue weighted by Gasteiger charge is -2.33. The number of rotatable bonds is 7. The van der Waals surface area contributed by atoms with Crippen LogP contribution in [0.2, 0.25) is 0 Å². The summed E-state index contributed by atoms with van der Waals surface area (Å²) in [7, 11) is 0. The Kier molecular flexibility index (Phi) is 11.6. The molecule has 0 saturated heterocycles. The van der Waals surface area contributed by atoms with Crippen molar-refractivity contribution in [3.05, 3.63) is 48.0 Å². The molecule has 0 saturated carbocycles. The molecular weight excluding hydrogens is 478 g/mol. The molecule has 0 aliphatic carbocycles. The SMILES string of the molecule is C[C@H](CO)NC(=O)C[C@H]1CC=CC[C@@H](NC(=O)OCc2ccccc2)C(=O)OC[C@H](C(C)(C)C)NC1=O. The summed E-state index contributed by atoms with van der Waals surface area (Å²) in [5.41, 5.74) is 0.358. The van der Waals surface area contributed by atoms with Crippen molar-refractivity contribution >= 4 is 23.9 Å². The number of hydrogen-bond donors (Lipinski definition) is 4. The third-order valence-corrected chi connectivity index (χ3v) is 5.99. The zero-order valence-corrected chi connectivity index (χ0v) is 22.0. The summed E-state index contributed by atoms with van der Waals surface area (Å²) in [5.74, 6) is -1.97. The number of aliphatic hydroxyl groups excluding tert-OH is 1. The number of allylic oxidation sites excluding steroid dienone is 1. The number of nitrogens with one attached hydrogen (secondary N) is 3. The maximum Gasteiger partial charge on any atom is 0.408 e. The topological polar surface area (TPSA) is 143 Å². The van der Waals surface area contributed by atoms with Crippen molar-refractivity contribution in [1.29, 1.82) is 0 Å². The number of carbonyl (C=O) groups is 4. The molecule has 10 nitrogen and oxygen atoms in total. The van der Waals surface area contributed by atoms with E-state index in [1.165, 1.54) is 0 Å². The van der Waals surface area contributed by atoms with E-state index >= 15 is 0 Å². The molecule has 0 unspecified atom stereocenters. The molecule has 37 heavy (non-hydrogen) atoms. The van der Waals surface area contributed by atoms with E-state index in [1.807, 2.05) is 51.1 Å². The summed E-state index contributed by atoms with van der Waals surface area (Å²) >= 11 is 0. The van der Waals surface area contributed by atoms with Crippen LogP contribution >= 0.6 is 0 Å². The summed E-state index contributed by atoms with van der Waals surface area (Å²) in [6.45, 7) is 7.12. The molecule has 1 aliphatic heterocycles. The molecule has 4 N–H and O–H groups in total. The number of cyclic esters (lactones) is 1. The maximum atomic E-state index is 13.1. The molecular formula is C27H39N3O7. The second kappa shape index (κ2) is 14.4. The molecule has 4 atom stereocenters. The number of aliphatic hydroxyl groups is 1. The lowest BCUT2D eigenvalue weighted by Crippen LogP contribution is -2.51. The van der Waals surface area contributed by atoms with Crippen LogP contribution in [-0.4, -0.2) is 60.3 Å². The zero-order chi connectivity index (χ0) is 27.4. The third kappa shape index (κ3) is 10.6. The van der Waals surface area contributed by atoms with E-state index in [2.05, 4.69) is 16.0 Å². The van der Waals surface area contributed by atoms with Gasteiger partial charge in [0.1, 0.15) is 19.3 Å². The fourth-order valence-corrected chi connectivity index (χ4v) is 3.56. The summed E-state index contributed by atoms with van der Waals surface area (Å²) in [6.07, 6.45) is 2.94. The van der Waals surface area contributed by atoms with Gasteiger partial charge in [-0.05, 0) is 30.7 Å². The second-order valence-corrected chi connectivity index (χ2v) is 10.3. The second-order valence-electron chi connectivity index (χ2n) is 10.3. The predicted octanol–water partition coefficient (Wildman–Crippen LogP) is 2.21. The molecule has 0 fully saturated rings. The number of ether oxygens (including phenoxy) is 2. The van der Waals surface area contributed by atoms with E-state index in [9.17, 15) is 24.3 Å². The van der Waals surface area contributed by atoms with Crippen LogP contribution in [0.25, 0.3) is 0 Å². The van der Waals surface area contributed by atoms with Gasteiger partial charge in [-0.3, -0.25) is 9.59 Å². The molecule has 1 heterocycles. The van der Waals surface area contributed by atoms with Gasteiger partial charge in [0, 0.05) is 12.5 Å². The van der Waals surface area contributed by atoms with E-state index in [0.717, 1.165) is 5.56 Å². The number of alkyl carbamates (subject to hydrolysis) is 1. The number of benzene rings is 1. The van der Waals surface area contributed by atoms with Crippen LogP contribution in [0, 0.1) is 11.3 Å². The molecule has 3 amide bonds. The van der Waals surface area contributed by atoms with Crippen molar-refractivity contribution in [2.45, 2.75) is 71.7 Å². The quantitative estimate of drug-likeness (QED) is 0.321. The van der Waals surface area contributed by atoms with E-state index in [1.54, 1.807) is 19.1 Å². The van der Waals surface area contributed by atoms with E-state index in [4.69, 9.17) is 9.47 Å². The highest BCUT2D eigenvalue weighted by atomic mass is 16.6. The van der Waals surface area contributed by atoms with Crippen molar-refractivity contribution < 1.29 is 33.8 Å². The average Bonchev–Trinajstić information content (AvgIpc) is 2.85. The van der Waals surface area contributed by atoms with Crippen LogP contribution in [0.1, 0.15) is 52.5 Å². The van der Waals surface area contributed by atoms with Gasteiger partial charge in [0.15, 0.2) is 0 Å². The standard InChI is InChI=1S/C27H39N3O7/c1-18(15-31)28-23(32)14-20-12-8-9-13-21(29-26(35)37-16-19-10-6-5-7-11-19)25(34)36-17-22(27(2,3)4)30-24(20)33/h5-11,18,20-22,31H,12-17H2,1-4H3,(H,28,32)(H,29,35)(H,30,33)/t18-,20-,21-,22-/m1/s1. The molecule has 10 heteroatoms. The molecule has 1 aromatic carbocycles. The van der Waals surface area contributed by atoms with Crippen molar-refractivity contribution in [2.24, 2.45) is 11.3 Å². The Hall–Kier alpha value is -3.40. The minimum atomic E-state index is -0.984. The van der Waals surface area contributed by atoms with Gasteiger partial charge in [-0.2, -0.15) is 0 Å². The van der Waals surface area contributed by atoms with Gasteiger partial charge in [-0.25, -0.2) is 9.59 Å². The fourth-order valence-electron chi connectivity index (χ4n) is 3.56. The highest BCUT2D eigenvalue weighted by Gasteiger charge is 2.32. The first kappa shape index (κ1) is 29.8. The van der Waals surface area contributed by atoms with Crippen LogP contribution in [0.5, 0.6) is 0 Å². The monoisotopic (exact) mass is 517 g/mol. The summed E-state index contributed by atoms with van der Waals surface area (Å²) in [4.78, 5) is 50.7. The Morgan fingerprint density at radius 3 is 2.49 bits per heavy atom. The summed E-state index contributed by atoms with van der Waals surface area (Å²) in [5, 5.41) is 17.3. The van der Waals surface area contributed by atoms with Gasteiger partial charge in [-0.15, -0.1) is 0 Å². The van der Waals surface area contributed by atoms with Crippen LogP contribution in [-0.2, 0) is 30.5 Å². The van der Waals surface area contributed by atoms with Gasteiger partial charge in [0.2, 0.25) is 11.8 Å². The minimum absolute atomic E-state index is 0.0566. The Morgan fingerprint density at radius 1 is 1.16 bits per heavy atom.